The number of hydrogen-bond donors (Lipinski definition) is 0. The molecule has 0 aliphatic rings. The predicted molar refractivity (Wildman–Crippen MR) is 119 cm³/mol. The Labute approximate surface area is 195 Å². The van der Waals surface area contributed by atoms with Crippen LogP contribution in [0.3, 0.4) is 0 Å². The summed E-state index contributed by atoms with van der Waals surface area (Å²) in [5.41, 5.74) is 0. The lowest BCUT2D eigenvalue weighted by atomic mass is 10.0. The van der Waals surface area contributed by atoms with Gasteiger partial charge in [-0.05, 0) is 6.42 Å². The van der Waals surface area contributed by atoms with Crippen LogP contribution in [0, 0.1) is 23.3 Å². The smallest absolute Gasteiger partial charge is 0.205 e. The standard InChI is InChI=1S/C24H38F4O4S/c1-2-3-4-5-6-7-8-9-10-11-12-13-14-15-16-17-18-32-23-19(25)21(27)24(33(29,30)31)22(28)20(23)26/h2-18H2,1H3,(H,29,30,31)/p-1. The van der Waals surface area contributed by atoms with Gasteiger partial charge in [-0.2, -0.15) is 8.78 Å². The quantitative estimate of drug-likeness (QED) is 0.0847. The van der Waals surface area contributed by atoms with Gasteiger partial charge < -0.3 is 9.29 Å². The first kappa shape index (κ1) is 29.7. The van der Waals surface area contributed by atoms with Gasteiger partial charge in [0.25, 0.3) is 0 Å². The van der Waals surface area contributed by atoms with E-state index in [4.69, 9.17) is 4.74 Å². The molecule has 0 N–H and O–H groups in total. The van der Waals surface area contributed by atoms with E-state index in [9.17, 15) is 30.5 Å². The highest BCUT2D eigenvalue weighted by molar-refractivity contribution is 7.85. The number of halogens is 4. The second-order valence-corrected chi connectivity index (χ2v) is 9.84. The summed E-state index contributed by atoms with van der Waals surface area (Å²) < 4.78 is 92.2. The first-order valence-corrected chi connectivity index (χ1v) is 13.6. The summed E-state index contributed by atoms with van der Waals surface area (Å²) >= 11 is 0. The van der Waals surface area contributed by atoms with Gasteiger partial charge in [-0.1, -0.05) is 103 Å². The molecule has 0 fully saturated rings. The molecule has 4 nitrogen and oxygen atoms in total. The van der Waals surface area contributed by atoms with Gasteiger partial charge in [-0.3, -0.25) is 0 Å². The summed E-state index contributed by atoms with van der Waals surface area (Å²) in [7, 11) is -5.71. The van der Waals surface area contributed by atoms with Crippen LogP contribution in [0.4, 0.5) is 17.6 Å². The van der Waals surface area contributed by atoms with E-state index in [0.717, 1.165) is 25.7 Å². The van der Waals surface area contributed by atoms with Crippen molar-refractivity contribution in [1.29, 1.82) is 0 Å². The number of unbranched alkanes of at least 4 members (excludes halogenated alkanes) is 15. The molecule has 1 aromatic rings. The van der Waals surface area contributed by atoms with E-state index in [2.05, 4.69) is 6.92 Å². The van der Waals surface area contributed by atoms with Crippen molar-refractivity contribution in [2.24, 2.45) is 0 Å². The fourth-order valence-corrected chi connectivity index (χ4v) is 4.38. The highest BCUT2D eigenvalue weighted by Crippen LogP contribution is 2.32. The summed E-state index contributed by atoms with van der Waals surface area (Å²) in [6, 6.07) is 0. The minimum atomic E-state index is -5.71. The normalized spacial score (nSPS) is 11.8. The molecule has 0 saturated heterocycles. The maximum atomic E-state index is 13.8. The lowest BCUT2D eigenvalue weighted by Crippen LogP contribution is -2.13. The van der Waals surface area contributed by atoms with Crippen LogP contribution < -0.4 is 4.74 Å². The second kappa shape index (κ2) is 16.3. The van der Waals surface area contributed by atoms with Gasteiger partial charge in [-0.15, -0.1) is 0 Å². The largest absolute Gasteiger partial charge is 0.744 e. The van der Waals surface area contributed by atoms with Crippen LogP contribution in [0.1, 0.15) is 110 Å². The molecule has 0 aromatic heterocycles. The molecule has 0 saturated carbocycles. The Morgan fingerprint density at radius 2 is 0.939 bits per heavy atom. The van der Waals surface area contributed by atoms with Crippen molar-refractivity contribution < 1.29 is 35.3 Å². The van der Waals surface area contributed by atoms with Crippen molar-refractivity contribution in [3.63, 3.8) is 0 Å². The molecule has 192 valence electrons. The molecule has 0 heterocycles. The van der Waals surface area contributed by atoms with Gasteiger partial charge in [0, 0.05) is 0 Å². The van der Waals surface area contributed by atoms with Gasteiger partial charge in [0.1, 0.15) is 15.0 Å². The van der Waals surface area contributed by atoms with Crippen LogP contribution in [0.5, 0.6) is 5.75 Å². The average Bonchev–Trinajstić information content (AvgIpc) is 2.75. The summed E-state index contributed by atoms with van der Waals surface area (Å²) in [5, 5.41) is 0. The molecule has 0 amide bonds. The molecule has 1 aromatic carbocycles. The minimum absolute atomic E-state index is 0.186. The SMILES string of the molecule is CCCCCCCCCCCCCCCCCCOc1c(F)c(F)c(S(=O)(=O)[O-])c(F)c1F. The van der Waals surface area contributed by atoms with Gasteiger partial charge in [0.15, 0.2) is 17.4 Å². The first-order valence-electron chi connectivity index (χ1n) is 12.2. The van der Waals surface area contributed by atoms with Crippen molar-refractivity contribution in [2.75, 3.05) is 6.61 Å². The summed E-state index contributed by atoms with van der Waals surface area (Å²) in [5.74, 6) is -9.95. The molecule has 0 aliphatic heterocycles. The highest BCUT2D eigenvalue weighted by atomic mass is 32.2. The van der Waals surface area contributed by atoms with E-state index in [1.807, 2.05) is 0 Å². The Morgan fingerprint density at radius 1 is 0.606 bits per heavy atom. The van der Waals surface area contributed by atoms with Crippen molar-refractivity contribution in [3.8, 4) is 5.75 Å². The fraction of sp³-hybridized carbons (Fsp3) is 0.750. The van der Waals surface area contributed by atoms with Gasteiger partial charge >= 0.3 is 0 Å². The average molecular weight is 498 g/mol. The molecule has 9 heteroatoms. The van der Waals surface area contributed by atoms with Crippen LogP contribution in [-0.2, 0) is 10.1 Å². The Kier molecular flexibility index (Phi) is 14.7. The molecule has 33 heavy (non-hydrogen) atoms. The Balaban J connectivity index is 2.12. The van der Waals surface area contributed by atoms with E-state index < -0.39 is 44.0 Å². The molecule has 0 aliphatic carbocycles. The van der Waals surface area contributed by atoms with E-state index >= 15 is 0 Å². The topological polar surface area (TPSA) is 66.4 Å². The first-order chi connectivity index (χ1) is 15.7. The third kappa shape index (κ3) is 11.1. The third-order valence-electron chi connectivity index (χ3n) is 5.68. The van der Waals surface area contributed by atoms with Gasteiger partial charge in [0.05, 0.1) is 6.61 Å². The van der Waals surface area contributed by atoms with Gasteiger partial charge in [0.2, 0.25) is 11.6 Å². The summed E-state index contributed by atoms with van der Waals surface area (Å²) in [6.07, 6.45) is 18.5. The van der Waals surface area contributed by atoms with E-state index in [0.29, 0.717) is 6.42 Å². The molecule has 0 radical (unpaired) electrons. The van der Waals surface area contributed by atoms with Crippen LogP contribution in [-0.4, -0.2) is 19.6 Å². The fourth-order valence-electron chi connectivity index (χ4n) is 3.76. The monoisotopic (exact) mass is 497 g/mol. The highest BCUT2D eigenvalue weighted by Gasteiger charge is 2.29. The van der Waals surface area contributed by atoms with Crippen molar-refractivity contribution in [2.45, 2.75) is 115 Å². The van der Waals surface area contributed by atoms with Crippen LogP contribution in [0.2, 0.25) is 0 Å². The lowest BCUT2D eigenvalue weighted by molar-refractivity contribution is 0.258. The van der Waals surface area contributed by atoms with Crippen LogP contribution >= 0.6 is 0 Å². The van der Waals surface area contributed by atoms with Crippen LogP contribution in [0.15, 0.2) is 4.90 Å². The number of rotatable bonds is 19. The van der Waals surface area contributed by atoms with E-state index in [-0.39, 0.29) is 6.61 Å². The molecule has 0 bridgehead atoms. The van der Waals surface area contributed by atoms with Crippen molar-refractivity contribution in [1.82, 2.24) is 0 Å². The molecule has 0 unspecified atom stereocenters. The Morgan fingerprint density at radius 3 is 1.27 bits per heavy atom. The molecular weight excluding hydrogens is 460 g/mol. The number of ether oxygens (including phenoxy) is 1. The summed E-state index contributed by atoms with van der Waals surface area (Å²) in [4.78, 5) is -2.17. The maximum absolute atomic E-state index is 13.8. The summed E-state index contributed by atoms with van der Waals surface area (Å²) in [6.45, 7) is 2.04. The number of benzene rings is 1. The second-order valence-electron chi connectivity index (χ2n) is 8.52. The van der Waals surface area contributed by atoms with Crippen LogP contribution in [0.25, 0.3) is 0 Å². The molecule has 1 rings (SSSR count). The number of hydrogen-bond acceptors (Lipinski definition) is 4. The zero-order chi connectivity index (χ0) is 24.7. The Bertz CT molecular complexity index is 771. The van der Waals surface area contributed by atoms with E-state index in [1.165, 1.54) is 70.6 Å². The Hall–Kier alpha value is -1.35. The lowest BCUT2D eigenvalue weighted by Gasteiger charge is -2.14. The van der Waals surface area contributed by atoms with Gasteiger partial charge in [-0.25, -0.2) is 17.2 Å². The zero-order valence-electron chi connectivity index (χ0n) is 19.6. The zero-order valence-corrected chi connectivity index (χ0v) is 20.4. The minimum Gasteiger partial charge on any atom is -0.744 e. The maximum Gasteiger partial charge on any atom is 0.205 e. The van der Waals surface area contributed by atoms with Crippen molar-refractivity contribution in [3.05, 3.63) is 23.3 Å². The molecule has 0 atom stereocenters. The predicted octanol–water partition coefficient (Wildman–Crippen LogP) is 7.79. The van der Waals surface area contributed by atoms with Crippen molar-refractivity contribution >= 4 is 10.1 Å². The molecule has 0 spiro atoms. The third-order valence-corrected chi connectivity index (χ3v) is 6.54. The van der Waals surface area contributed by atoms with E-state index in [1.54, 1.807) is 0 Å². The molecular formula is C24H37F4O4S-.